The molecule has 17 heavy (non-hydrogen) atoms. The average molecular weight is 256 g/mol. The maximum atomic E-state index is 11.6. The van der Waals surface area contributed by atoms with Crippen molar-refractivity contribution in [2.75, 3.05) is 0 Å². The highest BCUT2D eigenvalue weighted by atomic mass is 35.5. The summed E-state index contributed by atoms with van der Waals surface area (Å²) in [5, 5.41) is 11.2. The zero-order valence-corrected chi connectivity index (χ0v) is 10.5. The molecule has 1 aromatic rings. The first-order chi connectivity index (χ1) is 7.90. The summed E-state index contributed by atoms with van der Waals surface area (Å²) in [7, 11) is 0. The number of Topliss-reactive ketones (excluding diaryl/α,β-unsaturated/α-hetero) is 1. The topological polar surface area (TPSA) is 60.2 Å². The molecular weight excluding hydrogens is 242 g/mol. The molecule has 0 saturated heterocycles. The van der Waals surface area contributed by atoms with Crippen LogP contribution in [-0.4, -0.2) is 10.7 Å². The first kappa shape index (κ1) is 13.6. The van der Waals surface area contributed by atoms with E-state index in [1.54, 1.807) is 0 Å². The fourth-order valence-corrected chi connectivity index (χ4v) is 1.81. The molecule has 1 rings (SSSR count). The number of ketones is 1. The Morgan fingerprint density at radius 3 is 2.65 bits per heavy atom. The van der Waals surface area contributed by atoms with Crippen LogP contribution in [0, 0.1) is 16.0 Å². The van der Waals surface area contributed by atoms with Crippen LogP contribution in [0.2, 0.25) is 5.02 Å². The van der Waals surface area contributed by atoms with Crippen LogP contribution in [0.4, 0.5) is 5.69 Å². The number of halogens is 1. The van der Waals surface area contributed by atoms with Crippen molar-refractivity contribution in [3.8, 4) is 0 Å². The minimum atomic E-state index is -0.492. The smallest absolute Gasteiger partial charge is 0.273 e. The Morgan fingerprint density at radius 2 is 2.12 bits per heavy atom. The Hall–Kier alpha value is -1.42. The number of rotatable bonds is 5. The number of benzene rings is 1. The summed E-state index contributed by atoms with van der Waals surface area (Å²) in [5.41, 5.74) is 0.333. The van der Waals surface area contributed by atoms with Crippen molar-refractivity contribution in [3.63, 3.8) is 0 Å². The van der Waals surface area contributed by atoms with Gasteiger partial charge in [0, 0.05) is 29.5 Å². The Balaban J connectivity index is 2.92. The highest BCUT2D eigenvalue weighted by Gasteiger charge is 2.17. The van der Waals surface area contributed by atoms with Crippen LogP contribution in [0.5, 0.6) is 0 Å². The Labute approximate surface area is 105 Å². The monoisotopic (exact) mass is 255 g/mol. The number of carbonyl (C=O) groups is 1. The lowest BCUT2D eigenvalue weighted by atomic mass is 10.0. The Morgan fingerprint density at radius 1 is 1.47 bits per heavy atom. The number of hydrogen-bond donors (Lipinski definition) is 0. The van der Waals surface area contributed by atoms with Crippen LogP contribution in [0.3, 0.4) is 0 Å². The first-order valence-electron chi connectivity index (χ1n) is 5.34. The van der Waals surface area contributed by atoms with Crippen molar-refractivity contribution in [2.45, 2.75) is 26.7 Å². The van der Waals surface area contributed by atoms with Gasteiger partial charge in [0.25, 0.3) is 5.69 Å². The van der Waals surface area contributed by atoms with Gasteiger partial charge in [-0.05, 0) is 18.1 Å². The van der Waals surface area contributed by atoms with Crippen molar-refractivity contribution in [2.24, 2.45) is 5.92 Å². The summed E-state index contributed by atoms with van der Waals surface area (Å²) >= 11 is 5.78. The van der Waals surface area contributed by atoms with Crippen molar-refractivity contribution in [3.05, 3.63) is 38.9 Å². The third-order valence-electron chi connectivity index (χ3n) is 2.26. The molecule has 92 valence electrons. The molecule has 0 aromatic heterocycles. The average Bonchev–Trinajstić information content (AvgIpc) is 2.15. The minimum absolute atomic E-state index is 0.00892. The molecular formula is C12H14ClNO3. The van der Waals surface area contributed by atoms with Gasteiger partial charge in [-0.15, -0.1) is 0 Å². The molecule has 0 aliphatic carbocycles. The van der Waals surface area contributed by atoms with Crippen LogP contribution < -0.4 is 0 Å². The van der Waals surface area contributed by atoms with Gasteiger partial charge in [-0.1, -0.05) is 25.4 Å². The van der Waals surface area contributed by atoms with Crippen LogP contribution in [0.15, 0.2) is 18.2 Å². The molecule has 5 heteroatoms. The SMILES string of the molecule is CC(C)CC(=O)Cc1cc(Cl)ccc1[N+](=O)[O-]. The zero-order valence-electron chi connectivity index (χ0n) is 9.77. The zero-order chi connectivity index (χ0) is 13.0. The standard InChI is InChI=1S/C12H14ClNO3/c1-8(2)5-11(15)7-9-6-10(13)3-4-12(9)14(16)17/h3-4,6,8H,5,7H2,1-2H3. The van der Waals surface area contributed by atoms with E-state index < -0.39 is 4.92 Å². The van der Waals surface area contributed by atoms with Gasteiger partial charge in [0.2, 0.25) is 0 Å². The molecule has 0 fully saturated rings. The first-order valence-corrected chi connectivity index (χ1v) is 5.72. The molecule has 1 aromatic carbocycles. The van der Waals surface area contributed by atoms with Gasteiger partial charge in [-0.2, -0.15) is 0 Å². The van der Waals surface area contributed by atoms with Gasteiger partial charge in [-0.3, -0.25) is 14.9 Å². The van der Waals surface area contributed by atoms with Crippen molar-refractivity contribution in [1.82, 2.24) is 0 Å². The van der Waals surface area contributed by atoms with Gasteiger partial charge < -0.3 is 0 Å². The van der Waals surface area contributed by atoms with E-state index in [0.29, 0.717) is 17.0 Å². The van der Waals surface area contributed by atoms with Crippen LogP contribution in [0.25, 0.3) is 0 Å². The number of carbonyl (C=O) groups excluding carboxylic acids is 1. The van der Waals surface area contributed by atoms with Gasteiger partial charge in [0.05, 0.1) is 4.92 Å². The predicted molar refractivity (Wildman–Crippen MR) is 66.3 cm³/mol. The summed E-state index contributed by atoms with van der Waals surface area (Å²) < 4.78 is 0. The maximum absolute atomic E-state index is 11.6. The Bertz CT molecular complexity index is 443. The molecule has 0 saturated carbocycles. The van der Waals surface area contributed by atoms with Gasteiger partial charge >= 0.3 is 0 Å². The lowest BCUT2D eigenvalue weighted by Gasteiger charge is -2.05. The predicted octanol–water partition coefficient (Wildman–Crippen LogP) is 3.41. The van der Waals surface area contributed by atoms with Gasteiger partial charge in [0.15, 0.2) is 0 Å². The van der Waals surface area contributed by atoms with Crippen LogP contribution in [-0.2, 0) is 11.2 Å². The van der Waals surface area contributed by atoms with Crippen molar-refractivity contribution < 1.29 is 9.72 Å². The van der Waals surface area contributed by atoms with E-state index in [1.165, 1.54) is 18.2 Å². The van der Waals surface area contributed by atoms with Crippen molar-refractivity contribution in [1.29, 1.82) is 0 Å². The molecule has 0 aliphatic rings. The fraction of sp³-hybridized carbons (Fsp3) is 0.417. The number of nitro benzene ring substituents is 1. The van der Waals surface area contributed by atoms with E-state index >= 15 is 0 Å². The molecule has 0 amide bonds. The van der Waals surface area contributed by atoms with E-state index in [2.05, 4.69) is 0 Å². The molecule has 0 unspecified atom stereocenters. The largest absolute Gasteiger partial charge is 0.299 e. The second kappa shape index (κ2) is 5.77. The van der Waals surface area contributed by atoms with Gasteiger partial charge in [0.1, 0.15) is 5.78 Å². The van der Waals surface area contributed by atoms with E-state index in [-0.39, 0.29) is 23.8 Å². The second-order valence-electron chi connectivity index (χ2n) is 4.34. The lowest BCUT2D eigenvalue weighted by Crippen LogP contribution is -2.08. The quantitative estimate of drug-likeness (QED) is 0.598. The molecule has 0 spiro atoms. The van der Waals surface area contributed by atoms with E-state index in [1.807, 2.05) is 13.8 Å². The number of nitro groups is 1. The minimum Gasteiger partial charge on any atom is -0.299 e. The van der Waals surface area contributed by atoms with E-state index in [4.69, 9.17) is 11.6 Å². The van der Waals surface area contributed by atoms with E-state index in [9.17, 15) is 14.9 Å². The molecule has 0 heterocycles. The third-order valence-corrected chi connectivity index (χ3v) is 2.50. The van der Waals surface area contributed by atoms with Crippen molar-refractivity contribution >= 4 is 23.1 Å². The fourth-order valence-electron chi connectivity index (χ4n) is 1.61. The molecule has 0 aliphatic heterocycles. The number of nitrogens with zero attached hydrogens (tertiary/aromatic N) is 1. The lowest BCUT2D eigenvalue weighted by molar-refractivity contribution is -0.385. The molecule has 0 bridgehead atoms. The molecule has 0 atom stereocenters. The maximum Gasteiger partial charge on any atom is 0.273 e. The summed E-state index contributed by atoms with van der Waals surface area (Å²) in [4.78, 5) is 21.9. The highest BCUT2D eigenvalue weighted by Crippen LogP contribution is 2.23. The molecule has 0 N–H and O–H groups in total. The summed E-state index contributed by atoms with van der Waals surface area (Å²) in [6.45, 7) is 3.87. The van der Waals surface area contributed by atoms with Crippen LogP contribution in [0.1, 0.15) is 25.8 Å². The van der Waals surface area contributed by atoms with Crippen LogP contribution >= 0.6 is 11.6 Å². The third kappa shape index (κ3) is 4.15. The summed E-state index contributed by atoms with van der Waals surface area (Å²) in [6, 6.07) is 4.27. The van der Waals surface area contributed by atoms with Gasteiger partial charge in [-0.25, -0.2) is 0 Å². The molecule has 4 nitrogen and oxygen atoms in total. The second-order valence-corrected chi connectivity index (χ2v) is 4.78. The summed E-state index contributed by atoms with van der Waals surface area (Å²) in [5.74, 6) is 0.242. The Kier molecular flexibility index (Phi) is 4.63. The number of hydrogen-bond acceptors (Lipinski definition) is 3. The molecule has 0 radical (unpaired) electrons. The summed E-state index contributed by atoms with van der Waals surface area (Å²) in [6.07, 6.45) is 0.485. The normalized spacial score (nSPS) is 10.6. The highest BCUT2D eigenvalue weighted by molar-refractivity contribution is 6.30. The van der Waals surface area contributed by atoms with E-state index in [0.717, 1.165) is 0 Å².